The molecule has 1 aromatic rings. The third-order valence-electron chi connectivity index (χ3n) is 2.86. The van der Waals surface area contributed by atoms with Gasteiger partial charge in [-0.05, 0) is 25.3 Å². The summed E-state index contributed by atoms with van der Waals surface area (Å²) in [6, 6.07) is 6.08. The molecule has 3 heteroatoms. The maximum Gasteiger partial charge on any atom is 0.127 e. The molecule has 1 aromatic carbocycles. The van der Waals surface area contributed by atoms with E-state index >= 15 is 0 Å². The lowest BCUT2D eigenvalue weighted by atomic mass is 10.2. The van der Waals surface area contributed by atoms with Crippen LogP contribution < -0.4 is 9.47 Å². The van der Waals surface area contributed by atoms with Gasteiger partial charge in [-0.2, -0.15) is 0 Å². The minimum atomic E-state index is 0.282. The van der Waals surface area contributed by atoms with Crippen LogP contribution in [-0.2, 0) is 5.33 Å². The Bertz CT molecular complexity index is 348. The summed E-state index contributed by atoms with van der Waals surface area (Å²) in [5, 5.41) is 0.802. The molecule has 0 radical (unpaired) electrons. The molecule has 0 N–H and O–H groups in total. The van der Waals surface area contributed by atoms with Gasteiger partial charge < -0.3 is 9.47 Å². The predicted molar refractivity (Wildman–Crippen MR) is 79.9 cm³/mol. The second-order valence-corrected chi connectivity index (χ2v) is 4.87. The molecule has 0 amide bonds. The molecule has 0 bridgehead atoms. The smallest absolute Gasteiger partial charge is 0.127 e. The fourth-order valence-corrected chi connectivity index (χ4v) is 2.16. The monoisotopic (exact) mass is 314 g/mol. The number of hydrogen-bond donors (Lipinski definition) is 0. The van der Waals surface area contributed by atoms with Gasteiger partial charge in [-0.15, -0.1) is 0 Å². The number of benzene rings is 1. The highest BCUT2D eigenvalue weighted by Gasteiger charge is 2.10. The first kappa shape index (κ1) is 15.4. The van der Waals surface area contributed by atoms with Gasteiger partial charge in [-0.25, -0.2) is 0 Å². The Hall–Kier alpha value is -0.700. The van der Waals surface area contributed by atoms with Crippen LogP contribution in [0, 0.1) is 0 Å². The predicted octanol–water partition coefficient (Wildman–Crippen LogP) is 4.94. The highest BCUT2D eigenvalue weighted by molar-refractivity contribution is 9.08. The van der Waals surface area contributed by atoms with Crippen LogP contribution in [0.15, 0.2) is 18.2 Å². The van der Waals surface area contributed by atoms with Crippen molar-refractivity contribution in [1.82, 2.24) is 0 Å². The van der Waals surface area contributed by atoms with Crippen molar-refractivity contribution in [2.45, 2.75) is 51.5 Å². The van der Waals surface area contributed by atoms with Gasteiger partial charge in [0.15, 0.2) is 0 Å². The first-order valence-electron chi connectivity index (χ1n) is 6.73. The Kier molecular flexibility index (Phi) is 7.18. The van der Waals surface area contributed by atoms with Crippen LogP contribution in [0.5, 0.6) is 11.5 Å². The molecule has 0 atom stereocenters. The zero-order chi connectivity index (χ0) is 13.4. The number of ether oxygens (including phenoxy) is 2. The highest BCUT2D eigenvalue weighted by Crippen LogP contribution is 2.28. The minimum Gasteiger partial charge on any atom is -0.493 e. The molecule has 1 rings (SSSR count). The van der Waals surface area contributed by atoms with E-state index in [1.165, 1.54) is 5.56 Å². The summed E-state index contributed by atoms with van der Waals surface area (Å²) in [7, 11) is 0. The van der Waals surface area contributed by atoms with Crippen LogP contribution >= 0.6 is 15.9 Å². The highest BCUT2D eigenvalue weighted by atomic mass is 79.9. The molecule has 0 heterocycles. The summed E-state index contributed by atoms with van der Waals surface area (Å²) in [6.45, 7) is 7.16. The van der Waals surface area contributed by atoms with E-state index in [-0.39, 0.29) is 6.10 Å². The quantitative estimate of drug-likeness (QED) is 0.633. The topological polar surface area (TPSA) is 18.5 Å². The zero-order valence-electron chi connectivity index (χ0n) is 11.5. The Morgan fingerprint density at radius 3 is 2.44 bits per heavy atom. The summed E-state index contributed by atoms with van der Waals surface area (Å²) in [4.78, 5) is 0. The van der Waals surface area contributed by atoms with Gasteiger partial charge in [0.05, 0.1) is 12.7 Å². The van der Waals surface area contributed by atoms with Crippen LogP contribution in [0.1, 0.15) is 45.6 Å². The van der Waals surface area contributed by atoms with Gasteiger partial charge in [0.2, 0.25) is 0 Å². The first-order chi connectivity index (χ1) is 8.74. The molecule has 0 aromatic heterocycles. The van der Waals surface area contributed by atoms with Gasteiger partial charge >= 0.3 is 0 Å². The van der Waals surface area contributed by atoms with Crippen molar-refractivity contribution in [2.24, 2.45) is 0 Å². The van der Waals surface area contributed by atoms with E-state index in [1.54, 1.807) is 0 Å². The first-order valence-corrected chi connectivity index (χ1v) is 7.85. The third kappa shape index (κ3) is 4.52. The Balaban J connectivity index is 2.84. The fourth-order valence-electron chi connectivity index (χ4n) is 1.70. The van der Waals surface area contributed by atoms with Crippen LogP contribution in [0.4, 0.5) is 0 Å². The minimum absolute atomic E-state index is 0.282. The molecular formula is C15H23BrO2. The van der Waals surface area contributed by atoms with E-state index in [4.69, 9.17) is 9.47 Å². The molecule has 102 valence electrons. The molecule has 18 heavy (non-hydrogen) atoms. The number of hydrogen-bond acceptors (Lipinski definition) is 2. The number of alkyl halides is 1. The summed E-state index contributed by atoms with van der Waals surface area (Å²) in [6.07, 6.45) is 3.35. The lowest BCUT2D eigenvalue weighted by Crippen LogP contribution is -2.14. The van der Waals surface area contributed by atoms with Crippen LogP contribution in [-0.4, -0.2) is 12.7 Å². The van der Waals surface area contributed by atoms with Gasteiger partial charge in [-0.1, -0.05) is 42.8 Å². The summed E-state index contributed by atoms with van der Waals surface area (Å²) in [5.41, 5.74) is 1.17. The standard InChI is InChI=1S/C15H23BrO2/c1-4-9-17-14-8-7-12(11-16)15(10-14)18-13(5-2)6-3/h7-8,10,13H,4-6,9,11H2,1-3H3. The molecule has 0 unspecified atom stereocenters. The van der Waals surface area contributed by atoms with Crippen molar-refractivity contribution >= 4 is 15.9 Å². The second kappa shape index (κ2) is 8.41. The lowest BCUT2D eigenvalue weighted by molar-refractivity contribution is 0.190. The van der Waals surface area contributed by atoms with Crippen LogP contribution in [0.25, 0.3) is 0 Å². The molecule has 0 aliphatic heterocycles. The lowest BCUT2D eigenvalue weighted by Gasteiger charge is -2.18. The van der Waals surface area contributed by atoms with Crippen LogP contribution in [0.2, 0.25) is 0 Å². The maximum atomic E-state index is 6.05. The van der Waals surface area contributed by atoms with E-state index in [1.807, 2.05) is 12.1 Å². The van der Waals surface area contributed by atoms with E-state index in [2.05, 4.69) is 42.8 Å². The van der Waals surface area contributed by atoms with Gasteiger partial charge in [0.25, 0.3) is 0 Å². The summed E-state index contributed by atoms with van der Waals surface area (Å²) >= 11 is 3.50. The average Bonchev–Trinajstić information content (AvgIpc) is 2.42. The van der Waals surface area contributed by atoms with E-state index in [0.29, 0.717) is 0 Å². The van der Waals surface area contributed by atoms with Crippen molar-refractivity contribution in [1.29, 1.82) is 0 Å². The van der Waals surface area contributed by atoms with Crippen molar-refractivity contribution < 1.29 is 9.47 Å². The van der Waals surface area contributed by atoms with Gasteiger partial charge in [0, 0.05) is 17.0 Å². The van der Waals surface area contributed by atoms with Crippen LogP contribution in [0.3, 0.4) is 0 Å². The summed E-state index contributed by atoms with van der Waals surface area (Å²) < 4.78 is 11.7. The SMILES string of the molecule is CCCOc1ccc(CBr)c(OC(CC)CC)c1. The van der Waals surface area contributed by atoms with Gasteiger partial charge in [0.1, 0.15) is 11.5 Å². The molecule has 0 aliphatic rings. The molecule has 0 saturated carbocycles. The zero-order valence-corrected chi connectivity index (χ0v) is 13.1. The van der Waals surface area contributed by atoms with E-state index in [0.717, 1.165) is 42.7 Å². The maximum absolute atomic E-state index is 6.05. The molecule has 0 fully saturated rings. The van der Waals surface area contributed by atoms with E-state index < -0.39 is 0 Å². The Labute approximate surface area is 119 Å². The normalized spacial score (nSPS) is 10.7. The van der Waals surface area contributed by atoms with E-state index in [9.17, 15) is 0 Å². The van der Waals surface area contributed by atoms with Crippen molar-refractivity contribution in [2.75, 3.05) is 6.61 Å². The molecule has 0 saturated heterocycles. The molecule has 2 nitrogen and oxygen atoms in total. The second-order valence-electron chi connectivity index (χ2n) is 4.31. The largest absolute Gasteiger partial charge is 0.493 e. The Morgan fingerprint density at radius 2 is 1.89 bits per heavy atom. The third-order valence-corrected chi connectivity index (χ3v) is 3.46. The molecule has 0 spiro atoms. The van der Waals surface area contributed by atoms with Crippen molar-refractivity contribution in [3.63, 3.8) is 0 Å². The number of rotatable bonds is 8. The van der Waals surface area contributed by atoms with Crippen molar-refractivity contribution in [3.8, 4) is 11.5 Å². The summed E-state index contributed by atoms with van der Waals surface area (Å²) in [5.74, 6) is 1.83. The Morgan fingerprint density at radius 1 is 1.17 bits per heavy atom. The molecule has 0 aliphatic carbocycles. The average molecular weight is 315 g/mol. The van der Waals surface area contributed by atoms with Gasteiger partial charge in [-0.3, -0.25) is 0 Å². The fraction of sp³-hybridized carbons (Fsp3) is 0.600. The van der Waals surface area contributed by atoms with Crippen molar-refractivity contribution in [3.05, 3.63) is 23.8 Å². The number of halogens is 1. The molecular weight excluding hydrogens is 292 g/mol.